The van der Waals surface area contributed by atoms with Gasteiger partial charge in [0.25, 0.3) is 0 Å². The number of amides is 1. The zero-order valence-electron chi connectivity index (χ0n) is 15.1. The zero-order valence-corrected chi connectivity index (χ0v) is 16.7. The Morgan fingerprint density at radius 2 is 1.89 bits per heavy atom. The van der Waals surface area contributed by atoms with E-state index in [2.05, 4.69) is 5.32 Å². The first kappa shape index (κ1) is 19.2. The lowest BCUT2D eigenvalue weighted by atomic mass is 10.1. The summed E-state index contributed by atoms with van der Waals surface area (Å²) in [7, 11) is 0. The van der Waals surface area contributed by atoms with Crippen LogP contribution in [0, 0.1) is 5.82 Å². The number of halogens is 2. The highest BCUT2D eigenvalue weighted by molar-refractivity contribution is 8.16. The van der Waals surface area contributed by atoms with Gasteiger partial charge in [-0.2, -0.15) is 0 Å². The van der Waals surface area contributed by atoms with Crippen LogP contribution in [0.4, 0.5) is 10.1 Å². The molecule has 2 aromatic rings. The van der Waals surface area contributed by atoms with Gasteiger partial charge in [0, 0.05) is 11.3 Å². The van der Waals surface area contributed by atoms with Gasteiger partial charge in [-0.1, -0.05) is 53.7 Å². The molecule has 1 saturated carbocycles. The summed E-state index contributed by atoms with van der Waals surface area (Å²) in [5.41, 5.74) is 2.00. The van der Waals surface area contributed by atoms with Gasteiger partial charge in [-0.15, -0.1) is 0 Å². The smallest absolute Gasteiger partial charge is 0.234 e. The van der Waals surface area contributed by atoms with Crippen molar-refractivity contribution < 1.29 is 9.18 Å². The van der Waals surface area contributed by atoms with E-state index in [4.69, 9.17) is 21.6 Å². The molecule has 1 amide bonds. The third-order valence-electron chi connectivity index (χ3n) is 4.83. The summed E-state index contributed by atoms with van der Waals surface area (Å²) in [5.74, 6) is -0.523. The van der Waals surface area contributed by atoms with E-state index < -0.39 is 5.82 Å². The summed E-state index contributed by atoms with van der Waals surface area (Å²) < 4.78 is 13.3. The molecule has 1 aliphatic carbocycles. The van der Waals surface area contributed by atoms with E-state index in [9.17, 15) is 9.18 Å². The summed E-state index contributed by atoms with van der Waals surface area (Å²) in [4.78, 5) is 22.2. The third-order valence-corrected chi connectivity index (χ3v) is 6.08. The van der Waals surface area contributed by atoms with Gasteiger partial charge in [-0.05, 0) is 43.9 Å². The maximum atomic E-state index is 13.3. The van der Waals surface area contributed by atoms with Crippen molar-refractivity contribution in [2.75, 3.05) is 11.1 Å². The number of nitrogens with zero attached hydrogens (tertiary/aromatic N) is 2. The fourth-order valence-corrected chi connectivity index (χ4v) is 4.53. The van der Waals surface area contributed by atoms with Crippen LogP contribution in [0.1, 0.15) is 31.2 Å². The molecule has 28 heavy (non-hydrogen) atoms. The molecule has 1 N–H and O–H groups in total. The molecule has 0 saturated heterocycles. The van der Waals surface area contributed by atoms with Gasteiger partial charge in [0.1, 0.15) is 10.9 Å². The number of hydrogen-bond donors (Lipinski definition) is 1. The Labute approximate surface area is 172 Å². The Kier molecular flexibility index (Phi) is 5.51. The molecule has 144 valence electrons. The summed E-state index contributed by atoms with van der Waals surface area (Å²) >= 11 is 7.15. The molecule has 4 rings (SSSR count). The van der Waals surface area contributed by atoms with Crippen LogP contribution in [0.15, 0.2) is 58.5 Å². The topological polar surface area (TPSA) is 53.8 Å². The van der Waals surface area contributed by atoms with Gasteiger partial charge in [0.15, 0.2) is 5.66 Å². The van der Waals surface area contributed by atoms with E-state index in [1.807, 2.05) is 30.3 Å². The van der Waals surface area contributed by atoms with Crippen molar-refractivity contribution in [1.82, 2.24) is 0 Å². The van der Waals surface area contributed by atoms with Gasteiger partial charge in [-0.3, -0.25) is 9.79 Å². The number of anilines is 1. The number of thioether (sulfide) groups is 1. The second-order valence-corrected chi connectivity index (χ2v) is 8.27. The molecule has 2 aliphatic rings. The fourth-order valence-electron chi connectivity index (χ4n) is 3.48. The van der Waals surface area contributed by atoms with Crippen LogP contribution in [0.5, 0.6) is 0 Å². The highest BCUT2D eigenvalue weighted by atomic mass is 35.5. The molecule has 7 heteroatoms. The molecule has 1 fully saturated rings. The molecule has 2 aromatic carbocycles. The second-order valence-electron chi connectivity index (χ2n) is 6.90. The molecular formula is C21H19ClFN3OS. The number of carbonyl (C=O) groups excluding carboxylic acids is 1. The quantitative estimate of drug-likeness (QED) is 0.734. The van der Waals surface area contributed by atoms with Crippen LogP contribution in [0.2, 0.25) is 5.02 Å². The molecule has 0 radical (unpaired) electrons. The average Bonchev–Trinajstić information content (AvgIpc) is 3.31. The Hall–Kier alpha value is -2.18. The summed E-state index contributed by atoms with van der Waals surface area (Å²) in [6.45, 7) is 0. The normalized spacial score (nSPS) is 17.5. The maximum absolute atomic E-state index is 13.3. The van der Waals surface area contributed by atoms with Crippen molar-refractivity contribution in [3.05, 3.63) is 64.9 Å². The summed E-state index contributed by atoms with van der Waals surface area (Å²) in [5, 5.41) is 3.53. The van der Waals surface area contributed by atoms with E-state index >= 15 is 0 Å². The summed E-state index contributed by atoms with van der Waals surface area (Å²) in [6, 6.07) is 14.1. The zero-order chi connectivity index (χ0) is 19.6. The fraction of sp³-hybridized carbons (Fsp3) is 0.286. The number of aliphatic imine (C=N–C) groups is 2. The van der Waals surface area contributed by atoms with Gasteiger partial charge in [0.2, 0.25) is 5.91 Å². The highest BCUT2D eigenvalue weighted by Crippen LogP contribution is 2.40. The maximum Gasteiger partial charge on any atom is 0.234 e. The van der Waals surface area contributed by atoms with Crippen molar-refractivity contribution in [2.45, 2.75) is 31.3 Å². The largest absolute Gasteiger partial charge is 0.325 e. The molecule has 0 atom stereocenters. The van der Waals surface area contributed by atoms with Crippen LogP contribution in [0.3, 0.4) is 0 Å². The van der Waals surface area contributed by atoms with Crippen LogP contribution in [-0.4, -0.2) is 28.1 Å². The van der Waals surface area contributed by atoms with Gasteiger partial charge >= 0.3 is 0 Å². The van der Waals surface area contributed by atoms with E-state index in [-0.39, 0.29) is 22.3 Å². The minimum absolute atomic E-state index is 0.0210. The van der Waals surface area contributed by atoms with E-state index in [1.165, 1.54) is 30.0 Å². The SMILES string of the molecule is O=C(CSC1=NC2(CCCC2)N=C1c1ccccc1)Nc1ccc(F)c(Cl)c1. The van der Waals surface area contributed by atoms with Crippen LogP contribution in [0.25, 0.3) is 0 Å². The molecule has 1 spiro atoms. The standard InChI is InChI=1S/C21H19ClFN3OS/c22-16-12-15(8-9-17(16)23)24-18(27)13-28-20-19(14-6-2-1-3-7-14)25-21(26-20)10-4-5-11-21/h1-3,6-9,12H,4-5,10-11,13H2,(H,24,27). The lowest BCUT2D eigenvalue weighted by molar-refractivity contribution is -0.113. The van der Waals surface area contributed by atoms with Gasteiger partial charge in [0.05, 0.1) is 16.5 Å². The average molecular weight is 416 g/mol. The van der Waals surface area contributed by atoms with Crippen LogP contribution >= 0.6 is 23.4 Å². The predicted molar refractivity (Wildman–Crippen MR) is 114 cm³/mol. The molecule has 0 aromatic heterocycles. The van der Waals surface area contributed by atoms with Crippen molar-refractivity contribution in [2.24, 2.45) is 9.98 Å². The molecular weight excluding hydrogens is 397 g/mol. The van der Waals surface area contributed by atoms with Gasteiger partial charge in [-0.25, -0.2) is 9.38 Å². The highest BCUT2D eigenvalue weighted by Gasteiger charge is 2.39. The van der Waals surface area contributed by atoms with E-state index in [0.29, 0.717) is 5.69 Å². The van der Waals surface area contributed by atoms with Crippen molar-refractivity contribution in [3.63, 3.8) is 0 Å². The van der Waals surface area contributed by atoms with Crippen molar-refractivity contribution >= 4 is 45.7 Å². The van der Waals surface area contributed by atoms with Crippen LogP contribution in [-0.2, 0) is 4.79 Å². The van der Waals surface area contributed by atoms with Crippen molar-refractivity contribution in [3.8, 4) is 0 Å². The Morgan fingerprint density at radius 3 is 2.61 bits per heavy atom. The lowest BCUT2D eigenvalue weighted by Gasteiger charge is -2.14. The van der Waals surface area contributed by atoms with E-state index in [0.717, 1.165) is 42.0 Å². The van der Waals surface area contributed by atoms with Crippen LogP contribution < -0.4 is 5.32 Å². The Balaban J connectivity index is 1.47. The number of rotatable bonds is 4. The van der Waals surface area contributed by atoms with E-state index in [1.54, 1.807) is 0 Å². The number of hydrogen-bond acceptors (Lipinski definition) is 4. The lowest BCUT2D eigenvalue weighted by Crippen LogP contribution is -2.17. The number of carbonyl (C=O) groups is 1. The van der Waals surface area contributed by atoms with Gasteiger partial charge < -0.3 is 5.32 Å². The third kappa shape index (κ3) is 4.13. The monoisotopic (exact) mass is 415 g/mol. The minimum Gasteiger partial charge on any atom is -0.325 e. The minimum atomic E-state index is -0.514. The predicted octanol–water partition coefficient (Wildman–Crippen LogP) is 5.32. The molecule has 0 unspecified atom stereocenters. The summed E-state index contributed by atoms with van der Waals surface area (Å²) in [6.07, 6.45) is 4.15. The first-order valence-electron chi connectivity index (χ1n) is 9.18. The van der Waals surface area contributed by atoms with Crippen molar-refractivity contribution in [1.29, 1.82) is 0 Å². The first-order valence-corrected chi connectivity index (χ1v) is 10.5. The molecule has 0 bridgehead atoms. The molecule has 4 nitrogen and oxygen atoms in total. The molecule has 1 heterocycles. The molecule has 1 aliphatic heterocycles. The number of benzene rings is 2. The Morgan fingerprint density at radius 1 is 1.14 bits per heavy atom. The Bertz CT molecular complexity index is 955. The number of nitrogens with one attached hydrogen (secondary N) is 1. The second kappa shape index (κ2) is 8.05. The first-order chi connectivity index (χ1) is 13.5.